The number of ether oxygens (including phenoxy) is 1. The first-order chi connectivity index (χ1) is 8.88. The summed E-state index contributed by atoms with van der Waals surface area (Å²) in [7, 11) is 0. The number of carboxylic acids is 1. The van der Waals surface area contributed by atoms with Crippen molar-refractivity contribution in [1.29, 1.82) is 0 Å². The second-order valence-corrected chi connectivity index (χ2v) is 5.99. The van der Waals surface area contributed by atoms with E-state index in [2.05, 4.69) is 10.6 Å². The van der Waals surface area contributed by atoms with E-state index in [0.29, 0.717) is 25.3 Å². The highest BCUT2D eigenvalue weighted by molar-refractivity contribution is 5.75. The van der Waals surface area contributed by atoms with Crippen molar-refractivity contribution in [2.45, 2.75) is 57.3 Å². The summed E-state index contributed by atoms with van der Waals surface area (Å²) in [6, 6.07) is -0.209. The van der Waals surface area contributed by atoms with Crippen molar-refractivity contribution in [3.63, 3.8) is 0 Å². The van der Waals surface area contributed by atoms with E-state index in [4.69, 9.17) is 9.84 Å². The number of carboxylic acid groups (broad SMARTS) is 1. The molecule has 0 bridgehead atoms. The van der Waals surface area contributed by atoms with Crippen LogP contribution in [0.2, 0.25) is 0 Å². The first kappa shape index (κ1) is 14.1. The number of carbonyl (C=O) groups is 2. The number of nitrogens with one attached hydrogen (secondary N) is 2. The topological polar surface area (TPSA) is 87.7 Å². The molecule has 0 radical (unpaired) electrons. The molecule has 19 heavy (non-hydrogen) atoms. The third kappa shape index (κ3) is 3.83. The van der Waals surface area contributed by atoms with Crippen LogP contribution in [-0.2, 0) is 9.53 Å². The number of hydrogen-bond acceptors (Lipinski definition) is 3. The Labute approximate surface area is 112 Å². The summed E-state index contributed by atoms with van der Waals surface area (Å²) in [4.78, 5) is 22.5. The van der Waals surface area contributed by atoms with Crippen molar-refractivity contribution in [3.05, 3.63) is 0 Å². The van der Waals surface area contributed by atoms with Gasteiger partial charge >= 0.3 is 12.0 Å². The molecule has 1 saturated heterocycles. The first-order valence-corrected chi connectivity index (χ1v) is 6.83. The Morgan fingerprint density at radius 3 is 2.47 bits per heavy atom. The van der Waals surface area contributed by atoms with Crippen molar-refractivity contribution < 1.29 is 19.4 Å². The summed E-state index contributed by atoms with van der Waals surface area (Å²) in [5, 5.41) is 14.5. The third-order valence-corrected chi connectivity index (χ3v) is 3.91. The zero-order valence-electron chi connectivity index (χ0n) is 11.4. The van der Waals surface area contributed by atoms with E-state index in [1.54, 1.807) is 0 Å². The van der Waals surface area contributed by atoms with Crippen LogP contribution in [0.25, 0.3) is 0 Å². The predicted molar refractivity (Wildman–Crippen MR) is 68.9 cm³/mol. The molecular formula is C13H22N2O4. The summed E-state index contributed by atoms with van der Waals surface area (Å²) in [6.07, 6.45) is 2.59. The minimum Gasteiger partial charge on any atom is -0.479 e. The van der Waals surface area contributed by atoms with Crippen LogP contribution < -0.4 is 10.6 Å². The summed E-state index contributed by atoms with van der Waals surface area (Å²) in [5.41, 5.74) is -0.176. The van der Waals surface area contributed by atoms with Crippen LogP contribution in [-0.4, -0.2) is 41.4 Å². The lowest BCUT2D eigenvalue weighted by Crippen LogP contribution is -2.51. The molecule has 0 aromatic carbocycles. The molecule has 3 N–H and O–H groups in total. The molecule has 2 rings (SSSR count). The predicted octanol–water partition coefficient (Wildman–Crippen LogP) is 1.11. The second-order valence-electron chi connectivity index (χ2n) is 5.99. The van der Waals surface area contributed by atoms with Gasteiger partial charge in [-0.05, 0) is 45.4 Å². The second kappa shape index (κ2) is 5.36. The van der Waals surface area contributed by atoms with Crippen molar-refractivity contribution in [2.24, 2.45) is 5.92 Å². The van der Waals surface area contributed by atoms with E-state index in [9.17, 15) is 9.59 Å². The number of aliphatic carboxylic acids is 1. The fourth-order valence-corrected chi connectivity index (χ4v) is 2.49. The zero-order valence-corrected chi connectivity index (χ0v) is 11.4. The minimum absolute atomic E-state index is 0.176. The summed E-state index contributed by atoms with van der Waals surface area (Å²) >= 11 is 0. The maximum atomic E-state index is 11.8. The van der Waals surface area contributed by atoms with Crippen molar-refractivity contribution in [3.8, 4) is 0 Å². The van der Waals surface area contributed by atoms with E-state index in [0.717, 1.165) is 0 Å². The van der Waals surface area contributed by atoms with Gasteiger partial charge in [-0.25, -0.2) is 9.59 Å². The molecule has 108 valence electrons. The van der Waals surface area contributed by atoms with Crippen LogP contribution in [0, 0.1) is 5.92 Å². The molecule has 0 aromatic rings. The largest absolute Gasteiger partial charge is 0.479 e. The highest BCUT2D eigenvalue weighted by Crippen LogP contribution is 2.39. The van der Waals surface area contributed by atoms with Crippen LogP contribution in [0.15, 0.2) is 0 Å². The van der Waals surface area contributed by atoms with Gasteiger partial charge in [0.25, 0.3) is 0 Å². The fourth-order valence-electron chi connectivity index (χ4n) is 2.49. The minimum atomic E-state index is -0.929. The average molecular weight is 270 g/mol. The van der Waals surface area contributed by atoms with E-state index < -0.39 is 12.1 Å². The van der Waals surface area contributed by atoms with Crippen LogP contribution in [0.3, 0.4) is 0 Å². The molecule has 2 atom stereocenters. The molecule has 1 aliphatic carbocycles. The summed E-state index contributed by atoms with van der Waals surface area (Å²) < 4.78 is 5.32. The quantitative estimate of drug-likeness (QED) is 0.698. The van der Waals surface area contributed by atoms with Gasteiger partial charge in [0, 0.05) is 12.1 Å². The first-order valence-electron chi connectivity index (χ1n) is 6.83. The summed E-state index contributed by atoms with van der Waals surface area (Å²) in [5.74, 6) is -0.362. The Balaban J connectivity index is 1.68. The highest BCUT2D eigenvalue weighted by Gasteiger charge is 2.39. The van der Waals surface area contributed by atoms with Gasteiger partial charge in [-0.15, -0.1) is 0 Å². The fraction of sp³-hybridized carbons (Fsp3) is 0.846. The van der Waals surface area contributed by atoms with Gasteiger partial charge in [-0.1, -0.05) is 0 Å². The molecule has 0 spiro atoms. The molecule has 1 saturated carbocycles. The van der Waals surface area contributed by atoms with Crippen LogP contribution >= 0.6 is 0 Å². The van der Waals surface area contributed by atoms with Crippen molar-refractivity contribution in [1.82, 2.24) is 10.6 Å². The molecule has 0 aromatic heterocycles. The number of amides is 2. The Bertz CT molecular complexity index is 366. The van der Waals surface area contributed by atoms with Gasteiger partial charge in [-0.2, -0.15) is 0 Å². The van der Waals surface area contributed by atoms with E-state index >= 15 is 0 Å². The lowest BCUT2D eigenvalue weighted by molar-refractivity contribution is -0.149. The van der Waals surface area contributed by atoms with Crippen LogP contribution in [0.4, 0.5) is 4.79 Å². The number of carbonyl (C=O) groups excluding carboxylic acids is 1. The molecule has 6 heteroatoms. The van der Waals surface area contributed by atoms with Gasteiger partial charge in [0.15, 0.2) is 6.10 Å². The lowest BCUT2D eigenvalue weighted by Gasteiger charge is -2.26. The molecule has 1 aliphatic heterocycles. The van der Waals surface area contributed by atoms with Gasteiger partial charge in [-0.3, -0.25) is 0 Å². The van der Waals surface area contributed by atoms with Crippen molar-refractivity contribution in [2.75, 3.05) is 6.54 Å². The number of hydrogen-bond donors (Lipinski definition) is 3. The zero-order chi connectivity index (χ0) is 14.0. The maximum Gasteiger partial charge on any atom is 0.332 e. The van der Waals surface area contributed by atoms with E-state index in [-0.39, 0.29) is 17.7 Å². The normalized spacial score (nSPS) is 27.1. The van der Waals surface area contributed by atoms with Crippen molar-refractivity contribution >= 4 is 12.0 Å². The Hall–Kier alpha value is -1.30. The summed E-state index contributed by atoms with van der Waals surface area (Å²) in [6.45, 7) is 4.41. The molecular weight excluding hydrogens is 248 g/mol. The lowest BCUT2D eigenvalue weighted by atomic mass is 9.99. The molecule has 6 nitrogen and oxygen atoms in total. The molecule has 2 unspecified atom stereocenters. The van der Waals surface area contributed by atoms with E-state index in [1.807, 2.05) is 13.8 Å². The Kier molecular flexibility index (Phi) is 3.99. The maximum absolute atomic E-state index is 11.8. The van der Waals surface area contributed by atoms with Crippen LogP contribution in [0.1, 0.15) is 39.5 Å². The molecule has 2 aliphatic rings. The Morgan fingerprint density at radius 2 is 1.95 bits per heavy atom. The number of urea groups is 1. The van der Waals surface area contributed by atoms with Gasteiger partial charge in [0.2, 0.25) is 0 Å². The third-order valence-electron chi connectivity index (χ3n) is 3.91. The van der Waals surface area contributed by atoms with E-state index in [1.165, 1.54) is 12.8 Å². The van der Waals surface area contributed by atoms with Gasteiger partial charge in [0.05, 0.1) is 6.10 Å². The number of rotatable bonds is 5. The smallest absolute Gasteiger partial charge is 0.332 e. The monoisotopic (exact) mass is 270 g/mol. The standard InChI is InChI=1S/C13H22N2O4/c1-13(2,8-3-4-8)15-12(18)14-7-9-5-6-10(19-9)11(16)17/h8-10H,3-7H2,1-2H3,(H,16,17)(H2,14,15,18). The molecule has 1 heterocycles. The van der Waals surface area contributed by atoms with Gasteiger partial charge in [0.1, 0.15) is 0 Å². The van der Waals surface area contributed by atoms with Gasteiger partial charge < -0.3 is 20.5 Å². The Morgan fingerprint density at radius 1 is 1.26 bits per heavy atom. The SMILES string of the molecule is CC(C)(NC(=O)NCC1CCC(C(=O)O)O1)C1CC1. The highest BCUT2D eigenvalue weighted by atomic mass is 16.5. The average Bonchev–Trinajstić information content (AvgIpc) is 3.06. The molecule has 2 amide bonds. The molecule has 2 fully saturated rings. The van der Waals surface area contributed by atoms with Crippen LogP contribution in [0.5, 0.6) is 0 Å².